The molecule has 0 fully saturated rings. The normalized spacial score (nSPS) is 12.1. The van der Waals surface area contributed by atoms with Crippen molar-refractivity contribution in [1.82, 2.24) is 24.5 Å². The van der Waals surface area contributed by atoms with Gasteiger partial charge in [0.05, 0.1) is 11.3 Å². The van der Waals surface area contributed by atoms with Crippen LogP contribution in [0.15, 0.2) is 21.7 Å². The van der Waals surface area contributed by atoms with Gasteiger partial charge in [0.2, 0.25) is 0 Å². The maximum absolute atomic E-state index is 8.81. The number of hydrogen-bond donors (Lipinski definition) is 2. The summed E-state index contributed by atoms with van der Waals surface area (Å²) < 4.78 is 3.45. The third-order valence-electron chi connectivity index (χ3n) is 2.39. The Hall–Kier alpha value is -2.03. The van der Waals surface area contributed by atoms with Crippen LogP contribution in [0.3, 0.4) is 0 Å². The molecule has 18 heavy (non-hydrogen) atoms. The largest absolute Gasteiger partial charge is 0.409 e. The highest BCUT2D eigenvalue weighted by atomic mass is 32.2. The Bertz CT molecular complexity index is 600. The molecule has 0 spiro atoms. The highest BCUT2D eigenvalue weighted by Gasteiger charge is 2.19. The van der Waals surface area contributed by atoms with Crippen molar-refractivity contribution in [3.8, 4) is 0 Å². The van der Waals surface area contributed by atoms with Crippen LogP contribution in [0.4, 0.5) is 0 Å². The lowest BCUT2D eigenvalue weighted by Crippen LogP contribution is -2.15. The zero-order valence-electron chi connectivity index (χ0n) is 10.2. The summed E-state index contributed by atoms with van der Waals surface area (Å²) in [6.45, 7) is 1.80. The molecular formula is C9H13N7OS. The fourth-order valence-electron chi connectivity index (χ4n) is 1.55. The summed E-state index contributed by atoms with van der Waals surface area (Å²) in [5.74, 6) is 0.0327. The smallest absolute Gasteiger partial charge is 0.197 e. The van der Waals surface area contributed by atoms with Crippen molar-refractivity contribution in [3.63, 3.8) is 0 Å². The molecular weight excluding hydrogens is 254 g/mol. The zero-order valence-corrected chi connectivity index (χ0v) is 11.0. The van der Waals surface area contributed by atoms with Crippen LogP contribution in [0, 0.1) is 6.92 Å². The van der Waals surface area contributed by atoms with Crippen molar-refractivity contribution in [2.75, 3.05) is 0 Å². The lowest BCUT2D eigenvalue weighted by atomic mass is 10.2. The van der Waals surface area contributed by atoms with Crippen LogP contribution in [-0.4, -0.2) is 35.6 Å². The highest BCUT2D eigenvalue weighted by molar-refractivity contribution is 7.99. The molecule has 0 amide bonds. The predicted octanol–water partition coefficient (Wildman–Crippen LogP) is 0.103. The molecule has 0 radical (unpaired) electrons. The van der Waals surface area contributed by atoms with Gasteiger partial charge in [-0.3, -0.25) is 4.68 Å². The monoisotopic (exact) mass is 267 g/mol. The lowest BCUT2D eigenvalue weighted by molar-refractivity contribution is 0.318. The molecule has 3 N–H and O–H groups in total. The summed E-state index contributed by atoms with van der Waals surface area (Å²) in [4.78, 5) is 0. The number of amidine groups is 1. The maximum Gasteiger partial charge on any atom is 0.197 e. The molecule has 0 aliphatic heterocycles. The Balaban J connectivity index is 2.48. The summed E-state index contributed by atoms with van der Waals surface area (Å²) in [6.07, 6.45) is 1.61. The van der Waals surface area contributed by atoms with E-state index in [1.807, 2.05) is 7.05 Å². The molecule has 0 unspecified atom stereocenters. The van der Waals surface area contributed by atoms with E-state index in [9.17, 15) is 0 Å². The fourth-order valence-corrected chi connectivity index (χ4v) is 2.53. The van der Waals surface area contributed by atoms with Gasteiger partial charge in [-0.1, -0.05) is 5.16 Å². The molecule has 0 aliphatic rings. The van der Waals surface area contributed by atoms with E-state index >= 15 is 0 Å². The third kappa shape index (κ3) is 2.04. The second kappa shape index (κ2) is 4.69. The second-order valence-corrected chi connectivity index (χ2v) is 4.66. The van der Waals surface area contributed by atoms with Crippen LogP contribution in [0.1, 0.15) is 11.3 Å². The summed E-state index contributed by atoms with van der Waals surface area (Å²) in [5.41, 5.74) is 6.96. The van der Waals surface area contributed by atoms with E-state index in [2.05, 4.69) is 20.5 Å². The topological polar surface area (TPSA) is 107 Å². The summed E-state index contributed by atoms with van der Waals surface area (Å²) >= 11 is 1.36. The minimum atomic E-state index is 0.0327. The fraction of sp³-hybridized carbons (Fsp3) is 0.333. The van der Waals surface area contributed by atoms with E-state index in [-0.39, 0.29) is 5.84 Å². The number of rotatable bonds is 3. The van der Waals surface area contributed by atoms with Gasteiger partial charge in [0, 0.05) is 14.1 Å². The van der Waals surface area contributed by atoms with Crippen molar-refractivity contribution in [1.29, 1.82) is 0 Å². The number of hydrogen-bond acceptors (Lipinski definition) is 6. The highest BCUT2D eigenvalue weighted by Crippen LogP contribution is 2.29. The summed E-state index contributed by atoms with van der Waals surface area (Å²) in [7, 11) is 3.63. The van der Waals surface area contributed by atoms with Crippen LogP contribution < -0.4 is 5.73 Å². The molecule has 8 nitrogen and oxygen atoms in total. The molecule has 0 aliphatic carbocycles. The minimum absolute atomic E-state index is 0.0327. The third-order valence-corrected chi connectivity index (χ3v) is 3.61. The predicted molar refractivity (Wildman–Crippen MR) is 65.6 cm³/mol. The molecule has 2 aromatic rings. The summed E-state index contributed by atoms with van der Waals surface area (Å²) in [6, 6.07) is 0. The molecule has 0 saturated carbocycles. The van der Waals surface area contributed by atoms with Gasteiger partial charge in [-0.05, 0) is 18.7 Å². The number of nitrogens with two attached hydrogens (primary N) is 1. The van der Waals surface area contributed by atoms with Gasteiger partial charge < -0.3 is 15.5 Å². The molecule has 0 bridgehead atoms. The Kier molecular flexibility index (Phi) is 3.24. The first-order chi connectivity index (χ1) is 8.54. The van der Waals surface area contributed by atoms with Crippen LogP contribution >= 0.6 is 11.8 Å². The van der Waals surface area contributed by atoms with Gasteiger partial charge in [0.15, 0.2) is 11.0 Å². The van der Waals surface area contributed by atoms with Gasteiger partial charge in [-0.2, -0.15) is 5.10 Å². The quantitative estimate of drug-likeness (QED) is 0.353. The number of aryl methyl sites for hydroxylation is 3. The van der Waals surface area contributed by atoms with Crippen molar-refractivity contribution < 1.29 is 5.21 Å². The van der Waals surface area contributed by atoms with Crippen molar-refractivity contribution in [3.05, 3.63) is 17.6 Å². The first-order valence-corrected chi connectivity index (χ1v) is 5.89. The van der Waals surface area contributed by atoms with Crippen molar-refractivity contribution in [2.45, 2.75) is 17.1 Å². The van der Waals surface area contributed by atoms with Gasteiger partial charge in [-0.15, -0.1) is 10.2 Å². The average Bonchev–Trinajstić information content (AvgIpc) is 2.84. The number of oxime groups is 1. The van der Waals surface area contributed by atoms with Crippen LogP contribution in [0.5, 0.6) is 0 Å². The Morgan fingerprint density at radius 1 is 1.50 bits per heavy atom. The second-order valence-electron chi connectivity index (χ2n) is 3.70. The molecule has 96 valence electrons. The van der Waals surface area contributed by atoms with Crippen LogP contribution in [-0.2, 0) is 14.1 Å². The average molecular weight is 267 g/mol. The molecule has 0 saturated heterocycles. The van der Waals surface area contributed by atoms with Gasteiger partial charge in [0.25, 0.3) is 0 Å². The van der Waals surface area contributed by atoms with Crippen LogP contribution in [0.25, 0.3) is 0 Å². The Morgan fingerprint density at radius 3 is 2.78 bits per heavy atom. The minimum Gasteiger partial charge on any atom is -0.409 e. The van der Waals surface area contributed by atoms with Gasteiger partial charge in [0.1, 0.15) is 11.4 Å². The van der Waals surface area contributed by atoms with Gasteiger partial charge in [-0.25, -0.2) is 0 Å². The molecule has 0 aromatic carbocycles. The van der Waals surface area contributed by atoms with Crippen molar-refractivity contribution >= 4 is 17.6 Å². The van der Waals surface area contributed by atoms with Crippen LogP contribution in [0.2, 0.25) is 0 Å². The van der Waals surface area contributed by atoms with E-state index in [1.54, 1.807) is 29.5 Å². The van der Waals surface area contributed by atoms with E-state index < -0.39 is 0 Å². The molecule has 9 heteroatoms. The van der Waals surface area contributed by atoms with Gasteiger partial charge >= 0.3 is 0 Å². The summed E-state index contributed by atoms with van der Waals surface area (Å²) in [5, 5.41) is 25.3. The number of aromatic nitrogens is 5. The molecule has 2 heterocycles. The van der Waals surface area contributed by atoms with E-state index in [0.29, 0.717) is 16.4 Å². The van der Waals surface area contributed by atoms with Crippen molar-refractivity contribution in [2.24, 2.45) is 25.0 Å². The zero-order chi connectivity index (χ0) is 13.3. The molecule has 0 atom stereocenters. The Labute approximate surface area is 107 Å². The number of nitrogens with zero attached hydrogens (tertiary/aromatic N) is 6. The molecule has 2 rings (SSSR count). The first-order valence-electron chi connectivity index (χ1n) is 5.08. The van der Waals surface area contributed by atoms with E-state index in [1.165, 1.54) is 11.8 Å². The van der Waals surface area contributed by atoms with E-state index in [0.717, 1.165) is 5.03 Å². The molecule has 2 aromatic heterocycles. The SMILES string of the molecule is Cc1nn(C)c(Sc2nncn2C)c1/C(N)=N/O. The maximum atomic E-state index is 8.81. The Morgan fingerprint density at radius 2 is 2.22 bits per heavy atom. The first kappa shape index (κ1) is 12.4. The lowest BCUT2D eigenvalue weighted by Gasteiger charge is -2.04. The van der Waals surface area contributed by atoms with E-state index in [4.69, 9.17) is 10.9 Å². The standard InChI is InChI=1S/C9H13N7OS/c1-5-6(7(10)14-17)8(16(3)13-5)18-9-12-11-4-15(9)2/h4,17H,1-3H3,(H2,10,14).